The van der Waals surface area contributed by atoms with Crippen molar-refractivity contribution >= 4 is 21.6 Å². The first-order valence-electron chi connectivity index (χ1n) is 5.44. The Bertz CT molecular complexity index is 498. The number of nitrogens with two attached hydrogens (primary N) is 1. The molecule has 1 aromatic rings. The largest absolute Gasteiger partial charge is 0.397 e. The van der Waals surface area contributed by atoms with Gasteiger partial charge in [-0.05, 0) is 18.2 Å². The fourth-order valence-electron chi connectivity index (χ4n) is 1.86. The van der Waals surface area contributed by atoms with E-state index in [1.807, 2.05) is 0 Å². The summed E-state index contributed by atoms with van der Waals surface area (Å²) in [6.07, 6.45) is 0. The summed E-state index contributed by atoms with van der Waals surface area (Å²) >= 11 is 0. The summed E-state index contributed by atoms with van der Waals surface area (Å²) in [7, 11) is -9.67. The lowest BCUT2D eigenvalue weighted by Crippen LogP contribution is -2.36. The normalized spacial score (nSPS) is 20.8. The molecule has 1 aliphatic heterocycles. The molecule has 1 aromatic carbocycles. The van der Waals surface area contributed by atoms with Crippen molar-refractivity contribution in [1.82, 2.24) is 0 Å². The summed E-state index contributed by atoms with van der Waals surface area (Å²) in [5.41, 5.74) is 5.47. The van der Waals surface area contributed by atoms with Crippen LogP contribution < -0.4 is 10.6 Å². The third-order valence-corrected chi connectivity index (χ3v) is 3.94. The van der Waals surface area contributed by atoms with E-state index >= 15 is 0 Å². The molecule has 0 bridgehead atoms. The van der Waals surface area contributed by atoms with E-state index in [-0.39, 0.29) is 5.69 Å². The molecule has 2 rings (SSSR count). The predicted octanol–water partition coefficient (Wildman–Crippen LogP) is 3.76. The summed E-state index contributed by atoms with van der Waals surface area (Å²) < 4.78 is 68.2. The van der Waals surface area contributed by atoms with Gasteiger partial charge in [0.2, 0.25) is 0 Å². The Labute approximate surface area is 106 Å². The van der Waals surface area contributed by atoms with Crippen LogP contribution in [0.3, 0.4) is 0 Å². The average molecular weight is 304 g/mol. The summed E-state index contributed by atoms with van der Waals surface area (Å²) in [5, 5.41) is 0. The van der Waals surface area contributed by atoms with Gasteiger partial charge in [0.25, 0.3) is 0 Å². The van der Waals surface area contributed by atoms with Gasteiger partial charge in [-0.25, -0.2) is 0 Å². The topological polar surface area (TPSA) is 38.5 Å². The van der Waals surface area contributed by atoms with Crippen LogP contribution in [0.1, 0.15) is 0 Å². The molecule has 0 radical (unpaired) electrons. The van der Waals surface area contributed by atoms with Gasteiger partial charge in [-0.2, -0.15) is 0 Å². The van der Waals surface area contributed by atoms with Crippen molar-refractivity contribution in [3.63, 3.8) is 0 Å². The Hall–Kier alpha value is -1.22. The lowest BCUT2D eigenvalue weighted by atomic mass is 10.2. The van der Waals surface area contributed by atoms with Gasteiger partial charge in [0.05, 0.1) is 24.6 Å². The van der Waals surface area contributed by atoms with E-state index in [1.54, 1.807) is 4.90 Å². The molecule has 0 aromatic heterocycles. The monoisotopic (exact) mass is 304 g/mol. The number of benzene rings is 1. The molecule has 3 nitrogen and oxygen atoms in total. The number of rotatable bonds is 2. The maximum Gasteiger partial charge on any atom is 0.310 e. The third-order valence-electron chi connectivity index (χ3n) is 2.80. The molecule has 0 amide bonds. The third kappa shape index (κ3) is 3.21. The molecule has 0 aliphatic carbocycles. The smallest absolute Gasteiger partial charge is 0.310 e. The van der Waals surface area contributed by atoms with Crippen LogP contribution in [0.4, 0.5) is 30.8 Å². The van der Waals surface area contributed by atoms with Crippen molar-refractivity contribution < 1.29 is 24.2 Å². The fraction of sp³-hybridized carbons (Fsp3) is 0.400. The van der Waals surface area contributed by atoms with Gasteiger partial charge < -0.3 is 15.4 Å². The molecule has 1 heterocycles. The average Bonchev–Trinajstić information content (AvgIpc) is 2.27. The van der Waals surface area contributed by atoms with E-state index in [0.717, 1.165) is 6.07 Å². The minimum Gasteiger partial charge on any atom is -0.397 e. The van der Waals surface area contributed by atoms with Gasteiger partial charge in [-0.15, -0.1) is 0 Å². The molecule has 0 unspecified atom stereocenters. The van der Waals surface area contributed by atoms with Gasteiger partial charge in [0, 0.05) is 13.1 Å². The quantitative estimate of drug-likeness (QED) is 0.668. The van der Waals surface area contributed by atoms with Crippen LogP contribution in [0.15, 0.2) is 23.1 Å². The Balaban J connectivity index is 2.38. The van der Waals surface area contributed by atoms with E-state index in [4.69, 9.17) is 10.5 Å². The molecule has 0 atom stereocenters. The van der Waals surface area contributed by atoms with Gasteiger partial charge >= 0.3 is 10.2 Å². The van der Waals surface area contributed by atoms with Crippen molar-refractivity contribution in [2.75, 3.05) is 36.9 Å². The maximum atomic E-state index is 12.6. The van der Waals surface area contributed by atoms with Gasteiger partial charge in [0.15, 0.2) is 0 Å². The number of morpholine rings is 1. The lowest BCUT2D eigenvalue weighted by Gasteiger charge is -2.41. The van der Waals surface area contributed by atoms with Crippen molar-refractivity contribution in [3.8, 4) is 0 Å². The summed E-state index contributed by atoms with van der Waals surface area (Å²) in [5.74, 6) is 0. The number of anilines is 2. The predicted molar refractivity (Wildman–Crippen MR) is 65.3 cm³/mol. The Morgan fingerprint density at radius 2 is 1.63 bits per heavy atom. The Morgan fingerprint density at radius 3 is 2.11 bits per heavy atom. The summed E-state index contributed by atoms with van der Waals surface area (Å²) in [4.78, 5) is -0.261. The second-order valence-corrected chi connectivity index (χ2v) is 6.70. The molecular weight excluding hydrogens is 291 g/mol. The van der Waals surface area contributed by atoms with Crippen LogP contribution >= 0.6 is 10.2 Å². The van der Waals surface area contributed by atoms with E-state index < -0.39 is 15.1 Å². The minimum absolute atomic E-state index is 0.298. The molecule has 0 saturated carbocycles. The maximum absolute atomic E-state index is 12.6. The molecule has 1 saturated heterocycles. The highest BCUT2D eigenvalue weighted by Crippen LogP contribution is 3.02. The van der Waals surface area contributed by atoms with E-state index in [0.29, 0.717) is 44.1 Å². The van der Waals surface area contributed by atoms with Crippen LogP contribution in [-0.4, -0.2) is 26.3 Å². The zero-order chi connectivity index (χ0) is 14.4. The molecule has 0 spiro atoms. The molecule has 9 heteroatoms. The van der Waals surface area contributed by atoms with Crippen molar-refractivity contribution in [2.45, 2.75) is 4.90 Å². The number of ether oxygens (including phenoxy) is 1. The number of hydrogen-bond donors (Lipinski definition) is 1. The van der Waals surface area contributed by atoms with Crippen LogP contribution in [-0.2, 0) is 4.74 Å². The second-order valence-electron chi connectivity index (χ2n) is 4.29. The van der Waals surface area contributed by atoms with Gasteiger partial charge in [0.1, 0.15) is 4.90 Å². The second kappa shape index (κ2) is 3.66. The van der Waals surface area contributed by atoms with Gasteiger partial charge in [-0.3, -0.25) is 0 Å². The first-order valence-corrected chi connectivity index (χ1v) is 7.39. The van der Waals surface area contributed by atoms with Crippen LogP contribution in [0.25, 0.3) is 0 Å². The SMILES string of the molecule is Nc1cc(S(F)(F)(F)(F)F)ccc1N1CCOCC1. The molecule has 1 aliphatic rings. The zero-order valence-electron chi connectivity index (χ0n) is 9.79. The summed E-state index contributed by atoms with van der Waals surface area (Å²) in [6.45, 7) is 1.76. The highest BCUT2D eigenvalue weighted by atomic mass is 32.5. The van der Waals surface area contributed by atoms with E-state index in [9.17, 15) is 19.4 Å². The van der Waals surface area contributed by atoms with Crippen LogP contribution in [0.2, 0.25) is 0 Å². The zero-order valence-corrected chi connectivity index (χ0v) is 10.6. The van der Waals surface area contributed by atoms with Crippen molar-refractivity contribution in [3.05, 3.63) is 18.2 Å². The Morgan fingerprint density at radius 1 is 1.05 bits per heavy atom. The van der Waals surface area contributed by atoms with Crippen molar-refractivity contribution in [2.24, 2.45) is 0 Å². The fourth-order valence-corrected chi connectivity index (χ4v) is 2.54. The molecule has 110 valence electrons. The number of nitrogens with zero attached hydrogens (tertiary/aromatic N) is 1. The molecular formula is C10H13F5N2OS. The number of nitrogen functional groups attached to an aromatic ring is 1. The number of hydrogen-bond acceptors (Lipinski definition) is 3. The Kier molecular flexibility index (Phi) is 2.74. The first kappa shape index (κ1) is 14.2. The standard InChI is InChI=1S/C10H13F5N2OS/c11-19(12,13,14,15)8-1-2-10(9(16)7-8)17-3-5-18-6-4-17/h1-2,7H,3-6,16H2. The minimum atomic E-state index is -9.67. The molecule has 2 N–H and O–H groups in total. The summed E-state index contributed by atoms with van der Waals surface area (Å²) in [6, 6.07) is 1.66. The lowest BCUT2D eigenvalue weighted by molar-refractivity contribution is 0.123. The van der Waals surface area contributed by atoms with Crippen LogP contribution in [0, 0.1) is 0 Å². The van der Waals surface area contributed by atoms with Gasteiger partial charge in [-0.1, -0.05) is 19.4 Å². The molecule has 19 heavy (non-hydrogen) atoms. The van der Waals surface area contributed by atoms with E-state index in [2.05, 4.69) is 0 Å². The van der Waals surface area contributed by atoms with Crippen LogP contribution in [0.5, 0.6) is 0 Å². The molecule has 1 fully saturated rings. The first-order chi connectivity index (χ1) is 8.47. The highest BCUT2D eigenvalue weighted by Gasteiger charge is 2.65. The highest BCUT2D eigenvalue weighted by molar-refractivity contribution is 8.45. The van der Waals surface area contributed by atoms with Crippen molar-refractivity contribution in [1.29, 1.82) is 0 Å². The number of halogens is 5. The van der Waals surface area contributed by atoms with E-state index in [1.165, 1.54) is 0 Å².